The van der Waals surface area contributed by atoms with Crippen LogP contribution >= 0.6 is 0 Å². The molecule has 0 saturated heterocycles. The van der Waals surface area contributed by atoms with E-state index in [1.807, 2.05) is 33.9 Å². The highest BCUT2D eigenvalue weighted by atomic mass is 16.5. The quantitative estimate of drug-likeness (QED) is 0.789. The topological polar surface area (TPSA) is 30.5 Å². The third-order valence-electron chi connectivity index (χ3n) is 2.46. The molecule has 0 bridgehead atoms. The van der Waals surface area contributed by atoms with Crippen molar-refractivity contribution in [3.63, 3.8) is 0 Å². The minimum absolute atomic E-state index is 0.107. The van der Waals surface area contributed by atoms with Crippen molar-refractivity contribution in [2.24, 2.45) is 0 Å². The first kappa shape index (κ1) is 15.0. The van der Waals surface area contributed by atoms with Gasteiger partial charge in [-0.05, 0) is 40.8 Å². The predicted octanol–water partition coefficient (Wildman–Crippen LogP) is 2.91. The molecule has 3 nitrogen and oxygen atoms in total. The molecule has 1 rings (SSSR count). The van der Waals surface area contributed by atoms with Crippen molar-refractivity contribution >= 4 is 0 Å². The molecule has 0 aliphatic rings. The molecule has 3 heteroatoms. The fourth-order valence-electron chi connectivity index (χ4n) is 1.68. The molecule has 1 aromatic carbocycles. The molecule has 0 saturated carbocycles. The standard InChI is InChI=1S/C15H25NO2/c1-12-6-7-14(13(10-12)11-16-5)17-8-9-18-15(2,3)4/h6-7,10,16H,8-9,11H2,1-5H3. The van der Waals surface area contributed by atoms with E-state index in [1.165, 1.54) is 11.1 Å². The molecular formula is C15H25NO2. The van der Waals surface area contributed by atoms with E-state index in [0.29, 0.717) is 13.2 Å². The Morgan fingerprint density at radius 2 is 1.89 bits per heavy atom. The zero-order chi connectivity index (χ0) is 13.6. The van der Waals surface area contributed by atoms with Gasteiger partial charge >= 0.3 is 0 Å². The summed E-state index contributed by atoms with van der Waals surface area (Å²) in [6, 6.07) is 6.24. The van der Waals surface area contributed by atoms with Crippen LogP contribution in [0.15, 0.2) is 18.2 Å². The number of ether oxygens (including phenoxy) is 2. The lowest BCUT2D eigenvalue weighted by molar-refractivity contribution is -0.0164. The largest absolute Gasteiger partial charge is 0.491 e. The molecule has 0 fully saturated rings. The second-order valence-electron chi connectivity index (χ2n) is 5.45. The number of nitrogens with one attached hydrogen (secondary N) is 1. The summed E-state index contributed by atoms with van der Waals surface area (Å²) < 4.78 is 11.4. The Morgan fingerprint density at radius 1 is 1.17 bits per heavy atom. The minimum Gasteiger partial charge on any atom is -0.491 e. The van der Waals surface area contributed by atoms with Crippen LogP contribution in [0.5, 0.6) is 5.75 Å². The minimum atomic E-state index is -0.107. The average molecular weight is 251 g/mol. The average Bonchev–Trinajstić information content (AvgIpc) is 2.26. The van der Waals surface area contributed by atoms with Gasteiger partial charge in [0.25, 0.3) is 0 Å². The van der Waals surface area contributed by atoms with Crippen LogP contribution in [0.25, 0.3) is 0 Å². The van der Waals surface area contributed by atoms with E-state index in [9.17, 15) is 0 Å². The van der Waals surface area contributed by atoms with E-state index in [0.717, 1.165) is 12.3 Å². The van der Waals surface area contributed by atoms with Crippen molar-refractivity contribution in [3.05, 3.63) is 29.3 Å². The van der Waals surface area contributed by atoms with Crippen LogP contribution in [0.1, 0.15) is 31.9 Å². The summed E-state index contributed by atoms with van der Waals surface area (Å²) in [7, 11) is 1.94. The molecule has 0 aliphatic heterocycles. The highest BCUT2D eigenvalue weighted by Gasteiger charge is 2.10. The number of hydrogen-bond donors (Lipinski definition) is 1. The van der Waals surface area contributed by atoms with Gasteiger partial charge < -0.3 is 14.8 Å². The molecule has 0 atom stereocenters. The van der Waals surface area contributed by atoms with Crippen molar-refractivity contribution in [1.29, 1.82) is 0 Å². The van der Waals surface area contributed by atoms with Crippen molar-refractivity contribution in [2.45, 2.75) is 39.8 Å². The molecule has 18 heavy (non-hydrogen) atoms. The third-order valence-corrected chi connectivity index (χ3v) is 2.46. The molecule has 102 valence electrons. The summed E-state index contributed by atoms with van der Waals surface area (Å²) in [6.07, 6.45) is 0. The van der Waals surface area contributed by atoms with Gasteiger partial charge in [0.2, 0.25) is 0 Å². The van der Waals surface area contributed by atoms with E-state index < -0.39 is 0 Å². The Bertz CT molecular complexity index is 369. The van der Waals surface area contributed by atoms with Crippen LogP contribution in [0.4, 0.5) is 0 Å². The van der Waals surface area contributed by atoms with Crippen LogP contribution < -0.4 is 10.1 Å². The molecule has 1 N–H and O–H groups in total. The van der Waals surface area contributed by atoms with Crippen LogP contribution in [-0.2, 0) is 11.3 Å². The van der Waals surface area contributed by atoms with Crippen LogP contribution in [0.2, 0.25) is 0 Å². The molecule has 0 aromatic heterocycles. The molecular weight excluding hydrogens is 226 g/mol. The summed E-state index contributed by atoms with van der Waals surface area (Å²) in [5.41, 5.74) is 2.33. The Hall–Kier alpha value is -1.06. The maximum Gasteiger partial charge on any atom is 0.123 e. The molecule has 0 spiro atoms. The molecule has 0 radical (unpaired) electrons. The van der Waals surface area contributed by atoms with E-state index in [2.05, 4.69) is 24.4 Å². The lowest BCUT2D eigenvalue weighted by atomic mass is 10.1. The van der Waals surface area contributed by atoms with Crippen LogP contribution in [0.3, 0.4) is 0 Å². The molecule has 0 amide bonds. The maximum atomic E-state index is 5.78. The van der Waals surface area contributed by atoms with Gasteiger partial charge in [-0.15, -0.1) is 0 Å². The predicted molar refractivity (Wildman–Crippen MR) is 75.1 cm³/mol. The Balaban J connectivity index is 2.51. The number of benzene rings is 1. The highest BCUT2D eigenvalue weighted by Crippen LogP contribution is 2.20. The van der Waals surface area contributed by atoms with Gasteiger partial charge in [-0.2, -0.15) is 0 Å². The summed E-state index contributed by atoms with van der Waals surface area (Å²) >= 11 is 0. The number of aryl methyl sites for hydroxylation is 1. The zero-order valence-electron chi connectivity index (χ0n) is 12.2. The van der Waals surface area contributed by atoms with Crippen molar-refractivity contribution < 1.29 is 9.47 Å². The van der Waals surface area contributed by atoms with Crippen molar-refractivity contribution in [3.8, 4) is 5.75 Å². The first-order chi connectivity index (χ1) is 8.42. The van der Waals surface area contributed by atoms with Crippen molar-refractivity contribution in [1.82, 2.24) is 5.32 Å². The SMILES string of the molecule is CNCc1cc(C)ccc1OCCOC(C)(C)C. The molecule has 0 aliphatic carbocycles. The van der Waals surface area contributed by atoms with Crippen LogP contribution in [0, 0.1) is 6.92 Å². The van der Waals surface area contributed by atoms with Gasteiger partial charge in [-0.1, -0.05) is 17.7 Å². The fraction of sp³-hybridized carbons (Fsp3) is 0.600. The van der Waals surface area contributed by atoms with Gasteiger partial charge in [0, 0.05) is 12.1 Å². The van der Waals surface area contributed by atoms with E-state index in [1.54, 1.807) is 0 Å². The van der Waals surface area contributed by atoms with Gasteiger partial charge in [0.15, 0.2) is 0 Å². The molecule has 0 unspecified atom stereocenters. The zero-order valence-corrected chi connectivity index (χ0v) is 12.2. The lowest BCUT2D eigenvalue weighted by Gasteiger charge is -2.20. The summed E-state index contributed by atoms with van der Waals surface area (Å²) in [5, 5.41) is 3.16. The highest BCUT2D eigenvalue weighted by molar-refractivity contribution is 5.36. The monoisotopic (exact) mass is 251 g/mol. The van der Waals surface area contributed by atoms with E-state index in [4.69, 9.17) is 9.47 Å². The maximum absolute atomic E-state index is 5.78. The van der Waals surface area contributed by atoms with Gasteiger partial charge in [0.1, 0.15) is 12.4 Å². The number of rotatable bonds is 6. The molecule has 0 heterocycles. The van der Waals surface area contributed by atoms with Crippen molar-refractivity contribution in [2.75, 3.05) is 20.3 Å². The van der Waals surface area contributed by atoms with Gasteiger partial charge in [0.05, 0.1) is 12.2 Å². The van der Waals surface area contributed by atoms with Gasteiger partial charge in [-0.3, -0.25) is 0 Å². The molecule has 1 aromatic rings. The third kappa shape index (κ3) is 5.52. The summed E-state index contributed by atoms with van der Waals surface area (Å²) in [4.78, 5) is 0. The lowest BCUT2D eigenvalue weighted by Crippen LogP contribution is -2.22. The van der Waals surface area contributed by atoms with Crippen LogP contribution in [-0.4, -0.2) is 25.9 Å². The number of hydrogen-bond acceptors (Lipinski definition) is 3. The first-order valence-electron chi connectivity index (χ1n) is 6.43. The normalized spacial score (nSPS) is 11.6. The Morgan fingerprint density at radius 3 is 2.50 bits per heavy atom. The van der Waals surface area contributed by atoms with E-state index in [-0.39, 0.29) is 5.60 Å². The fourth-order valence-corrected chi connectivity index (χ4v) is 1.68. The summed E-state index contributed by atoms with van der Waals surface area (Å²) in [6.45, 7) is 10.2. The Kier molecular flexibility index (Phi) is 5.63. The second kappa shape index (κ2) is 6.76. The van der Waals surface area contributed by atoms with E-state index >= 15 is 0 Å². The second-order valence-corrected chi connectivity index (χ2v) is 5.45. The Labute approximate surface area is 110 Å². The summed E-state index contributed by atoms with van der Waals surface area (Å²) in [5.74, 6) is 0.937. The smallest absolute Gasteiger partial charge is 0.123 e. The van der Waals surface area contributed by atoms with Gasteiger partial charge in [-0.25, -0.2) is 0 Å². The first-order valence-corrected chi connectivity index (χ1v) is 6.43.